The lowest BCUT2D eigenvalue weighted by Crippen LogP contribution is -2.34. The summed E-state index contributed by atoms with van der Waals surface area (Å²) >= 11 is 1.18. The third-order valence-corrected chi connectivity index (χ3v) is 4.40. The maximum absolute atomic E-state index is 12.6. The minimum atomic E-state index is -1.40. The number of fused-ring (bicyclic) bond motifs is 1. The minimum absolute atomic E-state index is 0.178. The molecule has 0 radical (unpaired) electrons. The number of amides is 1. The zero-order valence-electron chi connectivity index (χ0n) is 12.6. The maximum Gasteiger partial charge on any atom is 0.245 e. The van der Waals surface area contributed by atoms with Gasteiger partial charge in [0.25, 0.3) is 0 Å². The second-order valence-electron chi connectivity index (χ2n) is 5.16. The van der Waals surface area contributed by atoms with Gasteiger partial charge in [-0.2, -0.15) is 9.64 Å². The fourth-order valence-electron chi connectivity index (χ4n) is 2.32. The number of hydrogen-bond acceptors (Lipinski definition) is 5. The molecular formula is C18H13N3O2S. The van der Waals surface area contributed by atoms with Crippen LogP contribution in [0.1, 0.15) is 16.1 Å². The normalized spacial score (nSPS) is 11.6. The molecule has 6 heteroatoms. The van der Waals surface area contributed by atoms with Crippen molar-refractivity contribution in [2.75, 3.05) is 0 Å². The zero-order chi connectivity index (χ0) is 16.9. The van der Waals surface area contributed by atoms with Crippen molar-refractivity contribution in [3.05, 3.63) is 65.9 Å². The Balaban J connectivity index is 1.77. The van der Waals surface area contributed by atoms with E-state index in [2.05, 4.69) is 9.69 Å². The monoisotopic (exact) mass is 335 g/mol. The van der Waals surface area contributed by atoms with Crippen LogP contribution in [0, 0.1) is 17.2 Å². The molecule has 1 aromatic heterocycles. The van der Waals surface area contributed by atoms with Gasteiger partial charge in [0.05, 0.1) is 10.8 Å². The lowest BCUT2D eigenvalue weighted by Gasteiger charge is -2.09. The number of Topliss-reactive ketones (excluding diaryl/α,β-unsaturated/α-hetero) is 1. The molecule has 0 saturated carbocycles. The van der Waals surface area contributed by atoms with Crippen LogP contribution >= 0.6 is 11.5 Å². The van der Waals surface area contributed by atoms with Crippen molar-refractivity contribution in [1.29, 1.82) is 5.26 Å². The van der Waals surface area contributed by atoms with Gasteiger partial charge in [-0.3, -0.25) is 9.59 Å². The highest BCUT2D eigenvalue weighted by atomic mass is 32.1. The molecule has 0 saturated heterocycles. The molecule has 3 rings (SSSR count). The number of hydrogen-bond donors (Lipinski definition) is 1. The first-order valence-corrected chi connectivity index (χ1v) is 8.08. The number of benzene rings is 2. The highest BCUT2D eigenvalue weighted by Gasteiger charge is 2.30. The van der Waals surface area contributed by atoms with E-state index in [9.17, 15) is 14.9 Å². The molecule has 0 spiro atoms. The van der Waals surface area contributed by atoms with Crippen molar-refractivity contribution < 1.29 is 9.59 Å². The second kappa shape index (κ2) is 7.02. The predicted molar refractivity (Wildman–Crippen MR) is 91.3 cm³/mol. The molecule has 0 aliphatic carbocycles. The number of nitrogens with one attached hydrogen (secondary N) is 1. The van der Waals surface area contributed by atoms with E-state index in [0.29, 0.717) is 5.39 Å². The maximum atomic E-state index is 12.6. The van der Waals surface area contributed by atoms with Crippen LogP contribution in [-0.4, -0.2) is 16.1 Å². The molecule has 5 nitrogen and oxygen atoms in total. The van der Waals surface area contributed by atoms with Crippen LogP contribution in [0.25, 0.3) is 10.1 Å². The molecule has 0 aliphatic heterocycles. The predicted octanol–water partition coefficient (Wildman–Crippen LogP) is 2.94. The van der Waals surface area contributed by atoms with Gasteiger partial charge in [-0.15, -0.1) is 0 Å². The van der Waals surface area contributed by atoms with Crippen LogP contribution in [0.3, 0.4) is 0 Å². The van der Waals surface area contributed by atoms with E-state index in [1.54, 1.807) is 18.2 Å². The first-order chi connectivity index (χ1) is 11.7. The molecule has 118 valence electrons. The summed E-state index contributed by atoms with van der Waals surface area (Å²) in [7, 11) is 0. The highest BCUT2D eigenvalue weighted by Crippen LogP contribution is 2.24. The summed E-state index contributed by atoms with van der Waals surface area (Å²) < 4.78 is 4.98. The van der Waals surface area contributed by atoms with E-state index >= 15 is 0 Å². The number of carbonyl (C=O) groups is 2. The van der Waals surface area contributed by atoms with Gasteiger partial charge in [-0.05, 0) is 23.2 Å². The molecule has 1 unspecified atom stereocenters. The Kier molecular flexibility index (Phi) is 4.64. The number of ketones is 1. The van der Waals surface area contributed by atoms with E-state index in [4.69, 9.17) is 0 Å². The van der Waals surface area contributed by atoms with Crippen molar-refractivity contribution in [2.45, 2.75) is 6.54 Å². The second-order valence-corrected chi connectivity index (χ2v) is 5.96. The summed E-state index contributed by atoms with van der Waals surface area (Å²) in [4.78, 5) is 24.8. The van der Waals surface area contributed by atoms with Crippen LogP contribution in [0.15, 0.2) is 54.6 Å². The standard InChI is InChI=1S/C18H13N3O2S/c19-10-14(18(23)20-11-12-6-2-1-3-7-12)17(22)16-13-8-4-5-9-15(13)24-21-16/h1-9,14H,11H2,(H,20,23). The van der Waals surface area contributed by atoms with E-state index in [0.717, 1.165) is 10.3 Å². The van der Waals surface area contributed by atoms with Crippen LogP contribution in [-0.2, 0) is 11.3 Å². The molecule has 0 bridgehead atoms. The van der Waals surface area contributed by atoms with E-state index in [-0.39, 0.29) is 12.2 Å². The first-order valence-electron chi connectivity index (χ1n) is 7.30. The highest BCUT2D eigenvalue weighted by molar-refractivity contribution is 7.13. The Morgan fingerprint density at radius 1 is 1.12 bits per heavy atom. The first kappa shape index (κ1) is 15.8. The Bertz CT molecular complexity index is 928. The third-order valence-electron chi connectivity index (χ3n) is 3.57. The molecule has 24 heavy (non-hydrogen) atoms. The lowest BCUT2D eigenvalue weighted by molar-refractivity contribution is -0.122. The molecule has 0 aliphatic rings. The molecule has 2 aromatic carbocycles. The fraction of sp³-hybridized carbons (Fsp3) is 0.111. The Morgan fingerprint density at radius 3 is 2.58 bits per heavy atom. The van der Waals surface area contributed by atoms with Gasteiger partial charge in [0.1, 0.15) is 5.69 Å². The Morgan fingerprint density at radius 2 is 1.83 bits per heavy atom. The molecule has 0 fully saturated rings. The molecular weight excluding hydrogens is 322 g/mol. The van der Waals surface area contributed by atoms with E-state index in [1.807, 2.05) is 42.5 Å². The van der Waals surface area contributed by atoms with Crippen molar-refractivity contribution >= 4 is 33.3 Å². The average Bonchev–Trinajstić information content (AvgIpc) is 3.05. The number of rotatable bonds is 5. The minimum Gasteiger partial charge on any atom is -0.350 e. The zero-order valence-corrected chi connectivity index (χ0v) is 13.4. The smallest absolute Gasteiger partial charge is 0.245 e. The molecule has 1 N–H and O–H groups in total. The number of nitrogens with zero attached hydrogens (tertiary/aromatic N) is 2. The van der Waals surface area contributed by atoms with E-state index in [1.165, 1.54) is 11.5 Å². The van der Waals surface area contributed by atoms with Gasteiger partial charge in [-0.1, -0.05) is 48.5 Å². The quantitative estimate of drug-likeness (QED) is 0.574. The number of aromatic nitrogens is 1. The summed E-state index contributed by atoms with van der Waals surface area (Å²) in [6.45, 7) is 0.267. The summed E-state index contributed by atoms with van der Waals surface area (Å²) in [5, 5.41) is 12.6. The topological polar surface area (TPSA) is 82.9 Å². The number of carbonyl (C=O) groups excluding carboxylic acids is 2. The largest absolute Gasteiger partial charge is 0.350 e. The molecule has 1 atom stereocenters. The Hall–Kier alpha value is -3.04. The van der Waals surface area contributed by atoms with Gasteiger partial charge >= 0.3 is 0 Å². The average molecular weight is 335 g/mol. The fourth-order valence-corrected chi connectivity index (χ4v) is 3.10. The van der Waals surface area contributed by atoms with Crippen LogP contribution in [0.5, 0.6) is 0 Å². The molecule has 3 aromatic rings. The number of nitriles is 1. The van der Waals surface area contributed by atoms with Gasteiger partial charge in [0.2, 0.25) is 11.7 Å². The third kappa shape index (κ3) is 3.16. The van der Waals surface area contributed by atoms with Crippen LogP contribution in [0.4, 0.5) is 0 Å². The van der Waals surface area contributed by atoms with Crippen molar-refractivity contribution in [3.8, 4) is 6.07 Å². The van der Waals surface area contributed by atoms with Crippen molar-refractivity contribution in [1.82, 2.24) is 9.69 Å². The Labute approximate surface area is 142 Å². The van der Waals surface area contributed by atoms with Crippen LogP contribution < -0.4 is 5.32 Å². The molecule has 1 amide bonds. The van der Waals surface area contributed by atoms with Crippen LogP contribution in [0.2, 0.25) is 0 Å². The van der Waals surface area contributed by atoms with Gasteiger partial charge < -0.3 is 5.32 Å². The van der Waals surface area contributed by atoms with Crippen molar-refractivity contribution in [3.63, 3.8) is 0 Å². The van der Waals surface area contributed by atoms with Crippen molar-refractivity contribution in [2.24, 2.45) is 5.92 Å². The summed E-state index contributed by atoms with van der Waals surface area (Å²) in [6.07, 6.45) is 0. The van der Waals surface area contributed by atoms with E-state index < -0.39 is 17.6 Å². The molecule has 1 heterocycles. The summed E-state index contributed by atoms with van der Waals surface area (Å²) in [5.74, 6) is -2.58. The van der Waals surface area contributed by atoms with Gasteiger partial charge in [0, 0.05) is 11.9 Å². The lowest BCUT2D eigenvalue weighted by atomic mass is 10.00. The summed E-state index contributed by atoms with van der Waals surface area (Å²) in [5.41, 5.74) is 1.08. The summed E-state index contributed by atoms with van der Waals surface area (Å²) in [6, 6.07) is 18.4. The van der Waals surface area contributed by atoms with Gasteiger partial charge in [-0.25, -0.2) is 0 Å². The SMILES string of the molecule is N#CC(C(=O)NCc1ccccc1)C(=O)c1nsc2ccccc12. The van der Waals surface area contributed by atoms with Gasteiger partial charge in [0.15, 0.2) is 5.92 Å².